The minimum absolute atomic E-state index is 0.0455. The molecule has 0 atom stereocenters. The van der Waals surface area contributed by atoms with E-state index in [1.807, 2.05) is 0 Å². The molecular weight excluding hydrogens is 406 g/mol. The van der Waals surface area contributed by atoms with Crippen LogP contribution in [0.25, 0.3) is 0 Å². The average Bonchev–Trinajstić information content (AvgIpc) is 3.39. The zero-order valence-corrected chi connectivity index (χ0v) is 16.8. The Balaban J connectivity index is 1.63. The van der Waals surface area contributed by atoms with Crippen LogP contribution in [0.3, 0.4) is 0 Å². The number of anilines is 1. The van der Waals surface area contributed by atoms with Crippen LogP contribution in [-0.4, -0.2) is 16.7 Å². The van der Waals surface area contributed by atoms with Crippen molar-refractivity contribution in [2.75, 3.05) is 5.32 Å². The maximum absolute atomic E-state index is 13.0. The summed E-state index contributed by atoms with van der Waals surface area (Å²) in [5.41, 5.74) is 1.06. The summed E-state index contributed by atoms with van der Waals surface area (Å²) in [6.45, 7) is 0.230. The number of hydrogen-bond donors (Lipinski definition) is 2. The monoisotopic (exact) mass is 425 g/mol. The number of rotatable bonds is 6. The van der Waals surface area contributed by atoms with Crippen molar-refractivity contribution in [3.63, 3.8) is 0 Å². The van der Waals surface area contributed by atoms with Crippen LogP contribution >= 0.6 is 11.3 Å². The van der Waals surface area contributed by atoms with Gasteiger partial charge in [0.25, 0.3) is 17.5 Å². The Labute approximate surface area is 176 Å². The van der Waals surface area contributed by atoms with Gasteiger partial charge in [-0.05, 0) is 49.4 Å². The summed E-state index contributed by atoms with van der Waals surface area (Å²) in [6, 6.07) is 9.26. The molecule has 0 spiro atoms. The second-order valence-corrected chi connectivity index (χ2v) is 8.01. The number of nitrogens with zero attached hydrogens (tertiary/aromatic N) is 1. The lowest BCUT2D eigenvalue weighted by Crippen LogP contribution is -2.25. The van der Waals surface area contributed by atoms with Crippen molar-refractivity contribution in [2.45, 2.75) is 32.2 Å². The van der Waals surface area contributed by atoms with Gasteiger partial charge < -0.3 is 15.1 Å². The van der Waals surface area contributed by atoms with E-state index in [0.29, 0.717) is 16.3 Å². The van der Waals surface area contributed by atoms with Gasteiger partial charge >= 0.3 is 0 Å². The Kier molecular flexibility index (Phi) is 5.62. The zero-order chi connectivity index (χ0) is 21.1. The number of nitro benzene ring substituents is 1. The molecule has 0 aliphatic heterocycles. The Hall–Kier alpha value is -3.46. The maximum Gasteiger partial charge on any atom is 0.282 e. The van der Waals surface area contributed by atoms with Crippen molar-refractivity contribution >= 4 is 33.8 Å². The zero-order valence-electron chi connectivity index (χ0n) is 16.0. The van der Waals surface area contributed by atoms with E-state index in [1.54, 1.807) is 18.2 Å². The molecule has 2 amide bonds. The fourth-order valence-electron chi connectivity index (χ4n) is 3.56. The van der Waals surface area contributed by atoms with Crippen molar-refractivity contribution < 1.29 is 18.9 Å². The first-order valence-electron chi connectivity index (χ1n) is 9.54. The number of nitrogens with one attached hydrogen (secondary N) is 2. The van der Waals surface area contributed by atoms with E-state index in [4.69, 9.17) is 4.42 Å². The first-order valence-corrected chi connectivity index (χ1v) is 10.4. The van der Waals surface area contributed by atoms with Crippen molar-refractivity contribution in [1.29, 1.82) is 0 Å². The van der Waals surface area contributed by atoms with E-state index in [2.05, 4.69) is 10.6 Å². The number of nitro groups is 1. The second-order valence-electron chi connectivity index (χ2n) is 6.91. The van der Waals surface area contributed by atoms with Gasteiger partial charge in [0.2, 0.25) is 0 Å². The lowest BCUT2D eigenvalue weighted by atomic mass is 9.95. The summed E-state index contributed by atoms with van der Waals surface area (Å²) in [5, 5.41) is 17.3. The van der Waals surface area contributed by atoms with Gasteiger partial charge in [0.1, 0.15) is 16.3 Å². The quantitative estimate of drug-likeness (QED) is 0.451. The molecule has 0 saturated heterocycles. The van der Waals surface area contributed by atoms with Crippen LogP contribution in [0, 0.1) is 10.1 Å². The number of furan rings is 1. The van der Waals surface area contributed by atoms with Gasteiger partial charge in [-0.2, -0.15) is 0 Å². The van der Waals surface area contributed by atoms with E-state index >= 15 is 0 Å². The maximum atomic E-state index is 13.0. The van der Waals surface area contributed by atoms with Crippen LogP contribution in [0.5, 0.6) is 0 Å². The Bertz CT molecular complexity index is 1100. The highest BCUT2D eigenvalue weighted by molar-refractivity contribution is 7.17. The number of carbonyl (C=O) groups is 2. The summed E-state index contributed by atoms with van der Waals surface area (Å²) in [4.78, 5) is 37.5. The van der Waals surface area contributed by atoms with Gasteiger partial charge in [-0.1, -0.05) is 12.1 Å². The molecule has 0 fully saturated rings. The molecule has 2 N–H and O–H groups in total. The lowest BCUT2D eigenvalue weighted by molar-refractivity contribution is -0.385. The van der Waals surface area contributed by atoms with Gasteiger partial charge in [-0.15, -0.1) is 11.3 Å². The molecule has 1 aliphatic rings. The first kappa shape index (κ1) is 19.8. The summed E-state index contributed by atoms with van der Waals surface area (Å²) in [6.07, 6.45) is 5.14. The number of thiophene rings is 1. The Morgan fingerprint density at radius 2 is 1.90 bits per heavy atom. The molecule has 3 aromatic rings. The lowest BCUT2D eigenvalue weighted by Gasteiger charge is -2.13. The van der Waals surface area contributed by atoms with Crippen molar-refractivity contribution in [3.05, 3.63) is 80.1 Å². The minimum atomic E-state index is -0.610. The predicted octanol–water partition coefficient (Wildman–Crippen LogP) is 4.31. The highest BCUT2D eigenvalue weighted by atomic mass is 32.1. The summed E-state index contributed by atoms with van der Waals surface area (Å²) < 4.78 is 5.26. The minimum Gasteiger partial charge on any atom is -0.467 e. The summed E-state index contributed by atoms with van der Waals surface area (Å²) in [5.74, 6) is -0.289. The molecule has 30 heavy (non-hydrogen) atoms. The van der Waals surface area contributed by atoms with E-state index in [9.17, 15) is 19.7 Å². The fraction of sp³-hybridized carbons (Fsp3) is 0.238. The van der Waals surface area contributed by atoms with Crippen LogP contribution in [0.4, 0.5) is 10.7 Å². The molecule has 0 bridgehead atoms. The normalized spacial score (nSPS) is 12.8. The molecule has 0 unspecified atom stereocenters. The third-order valence-corrected chi connectivity index (χ3v) is 6.18. The number of hydrogen-bond acceptors (Lipinski definition) is 6. The predicted molar refractivity (Wildman–Crippen MR) is 112 cm³/mol. The highest BCUT2D eigenvalue weighted by Crippen LogP contribution is 2.38. The number of fused-ring (bicyclic) bond motifs is 1. The third kappa shape index (κ3) is 3.97. The third-order valence-electron chi connectivity index (χ3n) is 4.97. The molecule has 2 aromatic heterocycles. The molecule has 0 radical (unpaired) electrons. The van der Waals surface area contributed by atoms with Crippen LogP contribution in [0.15, 0.2) is 47.1 Å². The Morgan fingerprint density at radius 1 is 1.10 bits per heavy atom. The van der Waals surface area contributed by atoms with Crippen molar-refractivity contribution in [2.24, 2.45) is 0 Å². The molecule has 9 heteroatoms. The molecule has 1 aliphatic carbocycles. The molecule has 154 valence electrons. The molecule has 8 nitrogen and oxygen atoms in total. The van der Waals surface area contributed by atoms with Gasteiger partial charge in [-0.3, -0.25) is 19.7 Å². The van der Waals surface area contributed by atoms with Crippen LogP contribution in [0.2, 0.25) is 0 Å². The standard InChI is InChI=1S/C21H19N3O5S/c25-19(14-7-1-3-9-16(14)24(27)28)23-21-18(15-8-2-4-10-17(15)30-21)20(26)22-12-13-6-5-11-29-13/h1,3,5-7,9,11H,2,4,8,10,12H2,(H,22,26)(H,23,25). The molecule has 1 aromatic carbocycles. The number of aryl methyl sites for hydroxylation is 1. The van der Waals surface area contributed by atoms with Gasteiger partial charge in [-0.25, -0.2) is 0 Å². The van der Waals surface area contributed by atoms with E-state index in [0.717, 1.165) is 36.1 Å². The van der Waals surface area contributed by atoms with E-state index in [-0.39, 0.29) is 23.7 Å². The summed E-state index contributed by atoms with van der Waals surface area (Å²) in [7, 11) is 0. The molecule has 0 saturated carbocycles. The average molecular weight is 425 g/mol. The van der Waals surface area contributed by atoms with Gasteiger partial charge in [0.15, 0.2) is 0 Å². The largest absolute Gasteiger partial charge is 0.467 e. The van der Waals surface area contributed by atoms with Crippen LogP contribution in [0.1, 0.15) is 49.8 Å². The second kappa shape index (κ2) is 8.50. The molecule has 2 heterocycles. The van der Waals surface area contributed by atoms with E-state index < -0.39 is 10.8 Å². The van der Waals surface area contributed by atoms with Crippen LogP contribution < -0.4 is 10.6 Å². The summed E-state index contributed by atoms with van der Waals surface area (Å²) >= 11 is 1.36. The number of para-hydroxylation sites is 1. The van der Waals surface area contributed by atoms with Crippen LogP contribution in [-0.2, 0) is 19.4 Å². The number of benzene rings is 1. The molecule has 4 rings (SSSR count). The SMILES string of the molecule is O=C(Nc1sc2c(c1C(=O)NCc1ccco1)CCCC2)c1ccccc1[N+](=O)[O-]. The Morgan fingerprint density at radius 3 is 2.67 bits per heavy atom. The fourth-order valence-corrected chi connectivity index (χ4v) is 4.84. The van der Waals surface area contributed by atoms with E-state index in [1.165, 1.54) is 35.8 Å². The number of amides is 2. The molecular formula is C21H19N3O5S. The topological polar surface area (TPSA) is 114 Å². The van der Waals surface area contributed by atoms with Gasteiger partial charge in [0.05, 0.1) is 23.3 Å². The smallest absolute Gasteiger partial charge is 0.282 e. The van der Waals surface area contributed by atoms with Gasteiger partial charge in [0, 0.05) is 10.9 Å². The first-order chi connectivity index (χ1) is 14.5. The van der Waals surface area contributed by atoms with Crippen molar-refractivity contribution in [1.82, 2.24) is 5.32 Å². The number of carbonyl (C=O) groups excluding carboxylic acids is 2. The van der Waals surface area contributed by atoms with Crippen molar-refractivity contribution in [3.8, 4) is 0 Å². The highest BCUT2D eigenvalue weighted by Gasteiger charge is 2.28.